The first kappa shape index (κ1) is 10.9. The van der Waals surface area contributed by atoms with Crippen molar-refractivity contribution in [2.45, 2.75) is 6.42 Å². The highest BCUT2D eigenvalue weighted by molar-refractivity contribution is 6.29. The van der Waals surface area contributed by atoms with Crippen LogP contribution in [0.1, 0.15) is 5.69 Å². The average molecular weight is 235 g/mol. The molecule has 0 saturated heterocycles. The van der Waals surface area contributed by atoms with Crippen LogP contribution < -0.4 is 4.74 Å². The van der Waals surface area contributed by atoms with Crippen molar-refractivity contribution in [3.8, 4) is 5.75 Å². The number of halogens is 1. The molecular formula is C12H11ClN2O. The van der Waals surface area contributed by atoms with E-state index in [0.717, 1.165) is 17.9 Å². The molecule has 4 heteroatoms. The number of nitrogens with zero attached hydrogens (tertiary/aromatic N) is 2. The van der Waals surface area contributed by atoms with Crippen molar-refractivity contribution in [2.24, 2.45) is 0 Å². The van der Waals surface area contributed by atoms with Gasteiger partial charge in [-0.15, -0.1) is 0 Å². The Bertz CT molecular complexity index is 431. The lowest BCUT2D eigenvalue weighted by Gasteiger charge is -2.04. The van der Waals surface area contributed by atoms with E-state index < -0.39 is 0 Å². The molecule has 0 aliphatic carbocycles. The minimum Gasteiger partial charge on any atom is -0.492 e. The monoisotopic (exact) mass is 234 g/mol. The first-order valence-corrected chi connectivity index (χ1v) is 5.36. The zero-order valence-corrected chi connectivity index (χ0v) is 9.39. The lowest BCUT2D eigenvalue weighted by molar-refractivity contribution is 0.319. The van der Waals surface area contributed by atoms with E-state index in [4.69, 9.17) is 16.3 Å². The third-order valence-corrected chi connectivity index (χ3v) is 2.28. The summed E-state index contributed by atoms with van der Waals surface area (Å²) in [5.74, 6) is 0.723. The predicted molar refractivity (Wildman–Crippen MR) is 62.7 cm³/mol. The van der Waals surface area contributed by atoms with E-state index in [1.165, 1.54) is 0 Å². The van der Waals surface area contributed by atoms with Gasteiger partial charge in [-0.1, -0.05) is 17.7 Å². The van der Waals surface area contributed by atoms with Gasteiger partial charge in [-0.2, -0.15) is 0 Å². The van der Waals surface area contributed by atoms with Crippen molar-refractivity contribution in [3.05, 3.63) is 53.6 Å². The molecule has 3 nitrogen and oxygen atoms in total. The predicted octanol–water partition coefficient (Wildman–Crippen LogP) is 2.75. The molecule has 2 aromatic heterocycles. The van der Waals surface area contributed by atoms with Gasteiger partial charge in [-0.3, -0.25) is 4.98 Å². The van der Waals surface area contributed by atoms with Crippen LogP contribution in [-0.2, 0) is 6.42 Å². The molecule has 0 bridgehead atoms. The SMILES string of the molecule is Clc1ccc(OCCc2ccccn2)cn1. The van der Waals surface area contributed by atoms with Crippen LogP contribution in [0.4, 0.5) is 0 Å². The molecule has 2 rings (SSSR count). The van der Waals surface area contributed by atoms with Crippen LogP contribution in [0.15, 0.2) is 42.7 Å². The van der Waals surface area contributed by atoms with Gasteiger partial charge in [-0.05, 0) is 24.3 Å². The zero-order chi connectivity index (χ0) is 11.2. The van der Waals surface area contributed by atoms with Crippen molar-refractivity contribution in [1.29, 1.82) is 0 Å². The normalized spacial score (nSPS) is 10.1. The van der Waals surface area contributed by atoms with Gasteiger partial charge in [0.25, 0.3) is 0 Å². The molecule has 0 aliphatic heterocycles. The largest absolute Gasteiger partial charge is 0.492 e. The third kappa shape index (κ3) is 3.21. The Kier molecular flexibility index (Phi) is 3.72. The topological polar surface area (TPSA) is 35.0 Å². The minimum absolute atomic E-state index is 0.470. The third-order valence-electron chi connectivity index (χ3n) is 2.05. The van der Waals surface area contributed by atoms with E-state index in [1.54, 1.807) is 24.5 Å². The Hall–Kier alpha value is -1.61. The van der Waals surface area contributed by atoms with Gasteiger partial charge in [0.2, 0.25) is 0 Å². The minimum atomic E-state index is 0.470. The highest BCUT2D eigenvalue weighted by Crippen LogP contribution is 2.12. The molecule has 0 atom stereocenters. The molecule has 0 aromatic carbocycles. The van der Waals surface area contributed by atoms with Gasteiger partial charge >= 0.3 is 0 Å². The molecule has 0 saturated carbocycles. The number of hydrogen-bond acceptors (Lipinski definition) is 3. The maximum Gasteiger partial charge on any atom is 0.137 e. The number of pyridine rings is 2. The van der Waals surface area contributed by atoms with E-state index in [9.17, 15) is 0 Å². The molecule has 16 heavy (non-hydrogen) atoms. The molecule has 2 heterocycles. The second-order valence-electron chi connectivity index (χ2n) is 3.24. The fourth-order valence-electron chi connectivity index (χ4n) is 1.27. The van der Waals surface area contributed by atoms with Crippen LogP contribution in [0, 0.1) is 0 Å². The highest BCUT2D eigenvalue weighted by atomic mass is 35.5. The number of aromatic nitrogens is 2. The van der Waals surface area contributed by atoms with Crippen molar-refractivity contribution < 1.29 is 4.74 Å². The van der Waals surface area contributed by atoms with Crippen molar-refractivity contribution in [1.82, 2.24) is 9.97 Å². The first-order valence-electron chi connectivity index (χ1n) is 4.99. The summed E-state index contributed by atoms with van der Waals surface area (Å²) in [7, 11) is 0. The van der Waals surface area contributed by atoms with Crippen LogP contribution in [0.3, 0.4) is 0 Å². The van der Waals surface area contributed by atoms with E-state index >= 15 is 0 Å². The summed E-state index contributed by atoms with van der Waals surface area (Å²) in [6, 6.07) is 9.34. The standard InChI is InChI=1S/C12H11ClN2O/c13-12-5-4-11(9-15-12)16-8-6-10-3-1-2-7-14-10/h1-5,7,9H,6,8H2. The molecule has 82 valence electrons. The van der Waals surface area contributed by atoms with Gasteiger partial charge in [0.15, 0.2) is 0 Å². The van der Waals surface area contributed by atoms with Crippen LogP contribution in [-0.4, -0.2) is 16.6 Å². The average Bonchev–Trinajstić information content (AvgIpc) is 2.33. The van der Waals surface area contributed by atoms with Gasteiger partial charge in [0, 0.05) is 18.3 Å². The zero-order valence-electron chi connectivity index (χ0n) is 8.64. The quantitative estimate of drug-likeness (QED) is 0.763. The Morgan fingerprint density at radius 1 is 1.12 bits per heavy atom. The Balaban J connectivity index is 1.82. The highest BCUT2D eigenvalue weighted by Gasteiger charge is 1.96. The fraction of sp³-hybridized carbons (Fsp3) is 0.167. The van der Waals surface area contributed by atoms with Crippen LogP contribution in [0.5, 0.6) is 5.75 Å². The molecule has 0 fully saturated rings. The fourth-order valence-corrected chi connectivity index (χ4v) is 1.38. The summed E-state index contributed by atoms with van der Waals surface area (Å²) in [6.07, 6.45) is 4.17. The van der Waals surface area contributed by atoms with Crippen LogP contribution >= 0.6 is 11.6 Å². The summed E-state index contributed by atoms with van der Waals surface area (Å²) in [5.41, 5.74) is 1.02. The summed E-state index contributed by atoms with van der Waals surface area (Å²) in [6.45, 7) is 0.584. The molecule has 0 spiro atoms. The van der Waals surface area contributed by atoms with Gasteiger partial charge in [0.05, 0.1) is 12.8 Å². The van der Waals surface area contributed by atoms with Gasteiger partial charge in [-0.25, -0.2) is 4.98 Å². The van der Waals surface area contributed by atoms with E-state index in [1.807, 2.05) is 18.2 Å². The van der Waals surface area contributed by atoms with E-state index in [2.05, 4.69) is 9.97 Å². The molecule has 0 unspecified atom stereocenters. The number of ether oxygens (including phenoxy) is 1. The second-order valence-corrected chi connectivity index (χ2v) is 3.62. The first-order chi connectivity index (χ1) is 7.84. The lowest BCUT2D eigenvalue weighted by atomic mass is 10.3. The maximum absolute atomic E-state index is 5.66. The molecular weight excluding hydrogens is 224 g/mol. The molecule has 0 aliphatic rings. The molecule has 0 N–H and O–H groups in total. The van der Waals surface area contributed by atoms with E-state index in [-0.39, 0.29) is 0 Å². The van der Waals surface area contributed by atoms with Crippen LogP contribution in [0.25, 0.3) is 0 Å². The van der Waals surface area contributed by atoms with Crippen molar-refractivity contribution in [2.75, 3.05) is 6.61 Å². The van der Waals surface area contributed by atoms with E-state index in [0.29, 0.717) is 11.8 Å². The second kappa shape index (κ2) is 5.47. The summed E-state index contributed by atoms with van der Waals surface area (Å²) in [5, 5.41) is 0.470. The Labute approximate surface area is 99.1 Å². The Morgan fingerprint density at radius 3 is 2.75 bits per heavy atom. The number of rotatable bonds is 4. The summed E-state index contributed by atoms with van der Waals surface area (Å²) < 4.78 is 5.50. The smallest absolute Gasteiger partial charge is 0.137 e. The lowest BCUT2D eigenvalue weighted by Crippen LogP contribution is -2.02. The van der Waals surface area contributed by atoms with Crippen LogP contribution in [0.2, 0.25) is 5.15 Å². The molecule has 0 radical (unpaired) electrons. The van der Waals surface area contributed by atoms with Crippen molar-refractivity contribution in [3.63, 3.8) is 0 Å². The number of hydrogen-bond donors (Lipinski definition) is 0. The van der Waals surface area contributed by atoms with Gasteiger partial charge < -0.3 is 4.74 Å². The van der Waals surface area contributed by atoms with Gasteiger partial charge in [0.1, 0.15) is 10.9 Å². The molecule has 2 aromatic rings. The summed E-state index contributed by atoms with van der Waals surface area (Å²) >= 11 is 5.66. The maximum atomic E-state index is 5.66. The molecule has 0 amide bonds. The Morgan fingerprint density at radius 2 is 2.06 bits per heavy atom. The van der Waals surface area contributed by atoms with Crippen molar-refractivity contribution >= 4 is 11.6 Å². The summed E-state index contributed by atoms with van der Waals surface area (Å²) in [4.78, 5) is 8.14.